The molecule has 0 spiro atoms. The highest BCUT2D eigenvalue weighted by Gasteiger charge is 2.60. The Bertz CT molecular complexity index is 594. The molecular weight excluding hydrogens is 308 g/mol. The van der Waals surface area contributed by atoms with Gasteiger partial charge in [-0.25, -0.2) is 8.78 Å². The smallest absolute Gasteiger partial charge is 0.306 e. The first-order valence-corrected chi connectivity index (χ1v) is 6.52. The molecule has 8 heteroatoms. The molecule has 21 heavy (non-hydrogen) atoms. The first kappa shape index (κ1) is 15.6. The van der Waals surface area contributed by atoms with E-state index in [2.05, 4.69) is 4.74 Å². The van der Waals surface area contributed by atoms with Crippen LogP contribution in [0.1, 0.15) is 24.3 Å². The Morgan fingerprint density at radius 2 is 2.24 bits per heavy atom. The first-order valence-electron chi connectivity index (χ1n) is 6.14. The molecule has 1 aromatic rings. The highest BCUT2D eigenvalue weighted by Crippen LogP contribution is 2.57. The number of nitro benzene ring substituents is 1. The summed E-state index contributed by atoms with van der Waals surface area (Å²) in [5.41, 5.74) is -0.0772. The van der Waals surface area contributed by atoms with Gasteiger partial charge in [0.05, 0.1) is 18.5 Å². The maximum Gasteiger partial charge on any atom is 0.306 e. The minimum absolute atomic E-state index is 0.0804. The van der Waals surface area contributed by atoms with Gasteiger partial charge in [-0.1, -0.05) is 17.7 Å². The Morgan fingerprint density at radius 1 is 1.62 bits per heavy atom. The fourth-order valence-corrected chi connectivity index (χ4v) is 2.51. The van der Waals surface area contributed by atoms with Gasteiger partial charge in [-0.15, -0.1) is 0 Å². The van der Waals surface area contributed by atoms with Gasteiger partial charge in [0.15, 0.2) is 0 Å². The van der Waals surface area contributed by atoms with Crippen LogP contribution in [0.5, 0.6) is 0 Å². The minimum Gasteiger partial charge on any atom is -0.469 e. The van der Waals surface area contributed by atoms with Crippen LogP contribution in [-0.4, -0.2) is 23.9 Å². The van der Waals surface area contributed by atoms with Gasteiger partial charge in [0.25, 0.3) is 11.6 Å². The molecule has 0 aromatic heterocycles. The summed E-state index contributed by atoms with van der Waals surface area (Å²) >= 11 is 5.70. The van der Waals surface area contributed by atoms with Crippen LogP contribution in [0.15, 0.2) is 18.2 Å². The number of hydrogen-bond donors (Lipinski definition) is 0. The van der Waals surface area contributed by atoms with Gasteiger partial charge in [0.1, 0.15) is 5.02 Å². The summed E-state index contributed by atoms with van der Waals surface area (Å²) in [5.74, 6) is -5.34. The second-order valence-corrected chi connectivity index (χ2v) is 5.33. The SMILES string of the molecule is COC(=O)CC(c1ccc(Cl)c([N+](=O)[O-])c1)C1CC1(F)F. The molecule has 1 aliphatic carbocycles. The van der Waals surface area contributed by atoms with E-state index >= 15 is 0 Å². The van der Waals surface area contributed by atoms with Crippen molar-refractivity contribution in [3.63, 3.8) is 0 Å². The number of halogens is 3. The zero-order chi connectivity index (χ0) is 15.8. The van der Waals surface area contributed by atoms with E-state index in [0.717, 1.165) is 13.2 Å². The fourth-order valence-electron chi connectivity index (χ4n) is 2.33. The van der Waals surface area contributed by atoms with Crippen LogP contribution < -0.4 is 0 Å². The number of benzene rings is 1. The zero-order valence-electron chi connectivity index (χ0n) is 11.0. The third-order valence-electron chi connectivity index (χ3n) is 3.57. The van der Waals surface area contributed by atoms with Crippen molar-refractivity contribution in [1.82, 2.24) is 0 Å². The van der Waals surface area contributed by atoms with E-state index in [-0.39, 0.29) is 23.6 Å². The quantitative estimate of drug-likeness (QED) is 0.473. The molecule has 0 amide bonds. The lowest BCUT2D eigenvalue weighted by Crippen LogP contribution is -2.14. The van der Waals surface area contributed by atoms with Gasteiger partial charge in [-0.2, -0.15) is 0 Å². The average Bonchev–Trinajstić information content (AvgIpc) is 3.04. The van der Waals surface area contributed by atoms with Crippen molar-refractivity contribution in [1.29, 1.82) is 0 Å². The molecule has 1 saturated carbocycles. The maximum atomic E-state index is 13.3. The molecule has 0 N–H and O–H groups in total. The van der Waals surface area contributed by atoms with Crippen LogP contribution in [0.3, 0.4) is 0 Å². The minimum atomic E-state index is -2.85. The largest absolute Gasteiger partial charge is 0.469 e. The molecule has 2 unspecified atom stereocenters. The monoisotopic (exact) mass is 319 g/mol. The predicted molar refractivity (Wildman–Crippen MR) is 70.5 cm³/mol. The van der Waals surface area contributed by atoms with Crippen molar-refractivity contribution < 1.29 is 23.2 Å². The molecule has 1 fully saturated rings. The Balaban J connectivity index is 2.35. The number of rotatable bonds is 5. The molecule has 2 rings (SSSR count). The predicted octanol–water partition coefficient (Wildman–Crippen LogP) is 3.55. The summed E-state index contributed by atoms with van der Waals surface area (Å²) in [5, 5.41) is 10.8. The lowest BCUT2D eigenvalue weighted by molar-refractivity contribution is -0.384. The summed E-state index contributed by atoms with van der Waals surface area (Å²) in [7, 11) is 1.16. The van der Waals surface area contributed by atoms with Gasteiger partial charge in [0, 0.05) is 24.3 Å². The normalized spacial score (nSPS) is 20.7. The Hall–Kier alpha value is -1.76. The van der Waals surface area contributed by atoms with E-state index in [9.17, 15) is 23.7 Å². The number of alkyl halides is 2. The fraction of sp³-hybridized carbons (Fsp3) is 0.462. The Morgan fingerprint density at radius 3 is 2.71 bits per heavy atom. The number of carbonyl (C=O) groups is 1. The molecular formula is C13H12ClF2NO4. The summed E-state index contributed by atoms with van der Waals surface area (Å²) in [6, 6.07) is 3.85. The molecule has 1 aliphatic rings. The van der Waals surface area contributed by atoms with Gasteiger partial charge >= 0.3 is 5.97 Å². The number of methoxy groups -OCH3 is 1. The number of ether oxygens (including phenoxy) is 1. The van der Waals surface area contributed by atoms with E-state index in [1.165, 1.54) is 12.1 Å². The zero-order valence-corrected chi connectivity index (χ0v) is 11.8. The molecule has 0 heterocycles. The van der Waals surface area contributed by atoms with Gasteiger partial charge in [-0.05, 0) is 11.6 Å². The van der Waals surface area contributed by atoms with E-state index < -0.39 is 28.7 Å². The highest BCUT2D eigenvalue weighted by atomic mass is 35.5. The summed E-state index contributed by atoms with van der Waals surface area (Å²) in [6.45, 7) is 0. The number of nitro groups is 1. The highest BCUT2D eigenvalue weighted by molar-refractivity contribution is 6.32. The number of esters is 1. The second kappa shape index (κ2) is 5.55. The van der Waals surface area contributed by atoms with Crippen molar-refractivity contribution >= 4 is 23.3 Å². The van der Waals surface area contributed by atoms with Crippen molar-refractivity contribution in [2.45, 2.75) is 24.7 Å². The lowest BCUT2D eigenvalue weighted by atomic mass is 9.90. The van der Waals surface area contributed by atoms with Crippen LogP contribution >= 0.6 is 11.6 Å². The standard InChI is InChI=1S/C13H12ClF2NO4/c1-21-12(18)5-8(9-6-13(9,15)16)7-2-3-10(14)11(4-7)17(19)20/h2-4,8-9H,5-6H2,1H3. The Kier molecular flexibility index (Phi) is 4.13. The number of hydrogen-bond acceptors (Lipinski definition) is 4. The number of nitrogens with zero attached hydrogens (tertiary/aromatic N) is 1. The molecule has 2 atom stereocenters. The van der Waals surface area contributed by atoms with Gasteiger partial charge < -0.3 is 4.74 Å². The van der Waals surface area contributed by atoms with E-state index in [4.69, 9.17) is 11.6 Å². The van der Waals surface area contributed by atoms with Gasteiger partial charge in [0.2, 0.25) is 0 Å². The molecule has 114 valence electrons. The van der Waals surface area contributed by atoms with Crippen LogP contribution in [0.25, 0.3) is 0 Å². The van der Waals surface area contributed by atoms with Crippen LogP contribution in [-0.2, 0) is 9.53 Å². The van der Waals surface area contributed by atoms with Crippen LogP contribution in [0.2, 0.25) is 5.02 Å². The molecule has 0 bridgehead atoms. The number of carbonyl (C=O) groups excluding carboxylic acids is 1. The molecule has 5 nitrogen and oxygen atoms in total. The summed E-state index contributed by atoms with van der Waals surface area (Å²) < 4.78 is 31.1. The first-order chi connectivity index (χ1) is 9.76. The van der Waals surface area contributed by atoms with Crippen LogP contribution in [0, 0.1) is 16.0 Å². The lowest BCUT2D eigenvalue weighted by Gasteiger charge is -2.16. The van der Waals surface area contributed by atoms with Gasteiger partial charge in [-0.3, -0.25) is 14.9 Å². The van der Waals surface area contributed by atoms with E-state index in [1.54, 1.807) is 0 Å². The van der Waals surface area contributed by atoms with E-state index in [0.29, 0.717) is 5.56 Å². The molecule has 0 aliphatic heterocycles. The third kappa shape index (κ3) is 3.29. The van der Waals surface area contributed by atoms with Crippen molar-refractivity contribution in [3.8, 4) is 0 Å². The van der Waals surface area contributed by atoms with Crippen molar-refractivity contribution in [2.24, 2.45) is 5.92 Å². The topological polar surface area (TPSA) is 69.4 Å². The van der Waals surface area contributed by atoms with Crippen molar-refractivity contribution in [3.05, 3.63) is 38.9 Å². The maximum absolute atomic E-state index is 13.3. The molecule has 0 saturated heterocycles. The molecule has 1 aromatic carbocycles. The summed E-state index contributed by atoms with van der Waals surface area (Å²) in [4.78, 5) is 21.6. The third-order valence-corrected chi connectivity index (χ3v) is 3.89. The molecule has 0 radical (unpaired) electrons. The Labute approximate surface area is 124 Å². The second-order valence-electron chi connectivity index (χ2n) is 4.93. The van der Waals surface area contributed by atoms with Crippen LogP contribution in [0.4, 0.5) is 14.5 Å². The summed E-state index contributed by atoms with van der Waals surface area (Å²) in [6.07, 6.45) is -0.597. The van der Waals surface area contributed by atoms with Crippen molar-refractivity contribution in [2.75, 3.05) is 7.11 Å². The van der Waals surface area contributed by atoms with E-state index in [1.807, 2.05) is 0 Å². The average molecular weight is 320 g/mol.